The molecule has 0 bridgehead atoms. The Morgan fingerprint density at radius 3 is 2.46 bits per heavy atom. The summed E-state index contributed by atoms with van der Waals surface area (Å²) in [6.07, 6.45) is 4.69. The highest BCUT2D eigenvalue weighted by atomic mass is 32.2. The Morgan fingerprint density at radius 2 is 1.81 bits per heavy atom. The minimum absolute atomic E-state index is 0.0539. The van der Waals surface area contributed by atoms with E-state index in [0.29, 0.717) is 31.0 Å². The third-order valence-electron chi connectivity index (χ3n) is 3.66. The summed E-state index contributed by atoms with van der Waals surface area (Å²) in [5, 5.41) is 11.7. The maximum atomic E-state index is 11.9. The minimum Gasteiger partial charge on any atom is -0.359 e. The lowest BCUT2D eigenvalue weighted by molar-refractivity contribution is -0.122. The number of hydrogen-bond donors (Lipinski definition) is 5. The molecule has 9 heteroatoms. The van der Waals surface area contributed by atoms with Crippen LogP contribution in [0.4, 0.5) is 0 Å². The largest absolute Gasteiger partial charge is 0.359 e. The van der Waals surface area contributed by atoms with Crippen LogP contribution in [0.1, 0.15) is 39.0 Å². The SMILES string of the molecule is CCCCCNC(=O)CSCCNC(=O)C(N)CCCN/C(=N\C)NC. The van der Waals surface area contributed by atoms with Gasteiger partial charge < -0.3 is 27.0 Å². The first-order valence-corrected chi connectivity index (χ1v) is 10.5. The number of thioether (sulfide) groups is 1. The summed E-state index contributed by atoms with van der Waals surface area (Å²) >= 11 is 1.51. The lowest BCUT2D eigenvalue weighted by Gasteiger charge is -2.13. The van der Waals surface area contributed by atoms with Gasteiger partial charge in [-0.25, -0.2) is 0 Å². The van der Waals surface area contributed by atoms with E-state index in [9.17, 15) is 9.59 Å². The monoisotopic (exact) mass is 388 g/mol. The number of carbonyl (C=O) groups is 2. The Labute approximate surface area is 161 Å². The maximum Gasteiger partial charge on any atom is 0.236 e. The molecule has 26 heavy (non-hydrogen) atoms. The topological polar surface area (TPSA) is 121 Å². The second kappa shape index (κ2) is 17.0. The predicted molar refractivity (Wildman–Crippen MR) is 111 cm³/mol. The number of nitrogens with one attached hydrogen (secondary N) is 4. The van der Waals surface area contributed by atoms with Gasteiger partial charge in [0.25, 0.3) is 0 Å². The normalized spacial score (nSPS) is 12.4. The highest BCUT2D eigenvalue weighted by Crippen LogP contribution is 1.99. The van der Waals surface area contributed by atoms with Gasteiger partial charge in [0, 0.05) is 39.5 Å². The number of guanidine groups is 1. The highest BCUT2D eigenvalue weighted by Gasteiger charge is 2.12. The highest BCUT2D eigenvalue weighted by molar-refractivity contribution is 7.99. The number of aliphatic imine (C=N–C) groups is 1. The van der Waals surface area contributed by atoms with Gasteiger partial charge in [-0.2, -0.15) is 11.8 Å². The molecule has 2 amide bonds. The second-order valence-corrected chi connectivity index (χ2v) is 7.00. The number of nitrogens with zero attached hydrogens (tertiary/aromatic N) is 1. The van der Waals surface area contributed by atoms with E-state index in [1.54, 1.807) is 14.1 Å². The Hall–Kier alpha value is -1.48. The summed E-state index contributed by atoms with van der Waals surface area (Å²) in [7, 11) is 3.49. The van der Waals surface area contributed by atoms with Gasteiger partial charge >= 0.3 is 0 Å². The lowest BCUT2D eigenvalue weighted by Crippen LogP contribution is -2.42. The molecule has 6 N–H and O–H groups in total. The summed E-state index contributed by atoms with van der Waals surface area (Å²) < 4.78 is 0. The minimum atomic E-state index is -0.514. The van der Waals surface area contributed by atoms with Gasteiger partial charge in [0.05, 0.1) is 11.8 Å². The van der Waals surface area contributed by atoms with Crippen LogP contribution in [-0.4, -0.2) is 69.1 Å². The van der Waals surface area contributed by atoms with Crippen LogP contribution in [0.15, 0.2) is 4.99 Å². The number of unbranched alkanes of at least 4 members (excludes halogenated alkanes) is 2. The first-order valence-electron chi connectivity index (χ1n) is 9.31. The van der Waals surface area contributed by atoms with E-state index >= 15 is 0 Å². The predicted octanol–water partition coefficient (Wildman–Crippen LogP) is 0.0445. The molecular weight excluding hydrogens is 352 g/mol. The van der Waals surface area contributed by atoms with Gasteiger partial charge in [-0.15, -0.1) is 0 Å². The van der Waals surface area contributed by atoms with Crippen LogP contribution in [0.2, 0.25) is 0 Å². The molecule has 0 saturated heterocycles. The molecule has 0 fully saturated rings. The fourth-order valence-corrected chi connectivity index (χ4v) is 2.81. The standard InChI is InChI=1S/C17H36N6O2S/c1-4-5-6-9-21-15(24)13-26-12-11-22-16(25)14(18)8-7-10-23-17(19-2)20-3/h14H,4-13,18H2,1-3H3,(H,21,24)(H,22,25)(H2,19,20,23). The van der Waals surface area contributed by atoms with Crippen LogP contribution in [0, 0.1) is 0 Å². The van der Waals surface area contributed by atoms with Crippen LogP contribution >= 0.6 is 11.8 Å². The Bertz CT molecular complexity index is 420. The molecule has 0 aliphatic carbocycles. The number of carbonyl (C=O) groups excluding carboxylic acids is 2. The van der Waals surface area contributed by atoms with Crippen molar-refractivity contribution in [2.75, 3.05) is 45.2 Å². The van der Waals surface area contributed by atoms with E-state index in [2.05, 4.69) is 33.2 Å². The molecule has 8 nitrogen and oxygen atoms in total. The third kappa shape index (κ3) is 13.8. The van der Waals surface area contributed by atoms with Crippen molar-refractivity contribution in [2.24, 2.45) is 10.7 Å². The van der Waals surface area contributed by atoms with Crippen molar-refractivity contribution in [3.8, 4) is 0 Å². The van der Waals surface area contributed by atoms with Crippen LogP contribution in [0.25, 0.3) is 0 Å². The molecule has 0 radical (unpaired) electrons. The molecule has 0 saturated carbocycles. The summed E-state index contributed by atoms with van der Waals surface area (Å²) in [5.41, 5.74) is 5.88. The van der Waals surface area contributed by atoms with Gasteiger partial charge in [-0.3, -0.25) is 14.6 Å². The molecular formula is C17H36N6O2S. The van der Waals surface area contributed by atoms with Gasteiger partial charge in [0.2, 0.25) is 11.8 Å². The second-order valence-electron chi connectivity index (χ2n) is 5.90. The summed E-state index contributed by atoms with van der Waals surface area (Å²) in [5.74, 6) is 1.74. The van der Waals surface area contributed by atoms with Crippen molar-refractivity contribution in [3.63, 3.8) is 0 Å². The zero-order valence-corrected chi connectivity index (χ0v) is 17.2. The molecule has 0 aromatic rings. The van der Waals surface area contributed by atoms with Crippen molar-refractivity contribution in [1.29, 1.82) is 0 Å². The summed E-state index contributed by atoms with van der Waals surface area (Å²) in [6, 6.07) is -0.514. The Balaban J connectivity index is 3.61. The summed E-state index contributed by atoms with van der Waals surface area (Å²) in [4.78, 5) is 27.5. The van der Waals surface area contributed by atoms with E-state index in [4.69, 9.17) is 5.73 Å². The maximum absolute atomic E-state index is 11.9. The van der Waals surface area contributed by atoms with Crippen molar-refractivity contribution in [1.82, 2.24) is 21.3 Å². The van der Waals surface area contributed by atoms with Crippen LogP contribution in [0.5, 0.6) is 0 Å². The average molecular weight is 389 g/mol. The molecule has 0 aliphatic heterocycles. The third-order valence-corrected chi connectivity index (χ3v) is 4.62. The zero-order chi connectivity index (χ0) is 19.6. The van der Waals surface area contributed by atoms with E-state index in [1.165, 1.54) is 11.8 Å². The van der Waals surface area contributed by atoms with E-state index in [0.717, 1.165) is 38.2 Å². The molecule has 0 aromatic heterocycles. The van der Waals surface area contributed by atoms with Gasteiger partial charge in [-0.05, 0) is 19.3 Å². The first kappa shape index (κ1) is 24.5. The van der Waals surface area contributed by atoms with Crippen molar-refractivity contribution >= 4 is 29.5 Å². The molecule has 1 atom stereocenters. The first-order chi connectivity index (χ1) is 12.5. The molecule has 1 unspecified atom stereocenters. The van der Waals surface area contributed by atoms with Gasteiger partial charge in [0.15, 0.2) is 5.96 Å². The molecule has 0 heterocycles. The van der Waals surface area contributed by atoms with Crippen molar-refractivity contribution < 1.29 is 9.59 Å². The van der Waals surface area contributed by atoms with Crippen LogP contribution < -0.4 is 27.0 Å². The quantitative estimate of drug-likeness (QED) is 0.163. The number of rotatable bonds is 14. The van der Waals surface area contributed by atoms with Crippen LogP contribution in [-0.2, 0) is 9.59 Å². The molecule has 0 aliphatic rings. The summed E-state index contributed by atoms with van der Waals surface area (Å²) in [6.45, 7) is 4.10. The Morgan fingerprint density at radius 1 is 1.08 bits per heavy atom. The average Bonchev–Trinajstić information content (AvgIpc) is 2.64. The molecule has 0 rings (SSSR count). The zero-order valence-electron chi connectivity index (χ0n) is 16.4. The van der Waals surface area contributed by atoms with Crippen molar-refractivity contribution in [3.05, 3.63) is 0 Å². The number of hydrogen-bond acceptors (Lipinski definition) is 5. The van der Waals surface area contributed by atoms with E-state index in [1.807, 2.05) is 0 Å². The van der Waals surface area contributed by atoms with Gasteiger partial charge in [0.1, 0.15) is 0 Å². The van der Waals surface area contributed by atoms with Gasteiger partial charge in [-0.1, -0.05) is 19.8 Å². The molecule has 152 valence electrons. The lowest BCUT2D eigenvalue weighted by atomic mass is 10.1. The fourth-order valence-electron chi connectivity index (χ4n) is 2.14. The van der Waals surface area contributed by atoms with E-state index in [-0.39, 0.29) is 11.8 Å². The Kier molecular flexibility index (Phi) is 16.0. The smallest absolute Gasteiger partial charge is 0.236 e. The van der Waals surface area contributed by atoms with Crippen molar-refractivity contribution in [2.45, 2.75) is 45.1 Å². The number of amides is 2. The fraction of sp³-hybridized carbons (Fsp3) is 0.824. The van der Waals surface area contributed by atoms with Crippen LogP contribution in [0.3, 0.4) is 0 Å². The van der Waals surface area contributed by atoms with E-state index < -0.39 is 6.04 Å². The molecule has 0 spiro atoms. The number of nitrogens with two attached hydrogens (primary N) is 1. The molecule has 0 aromatic carbocycles.